The fraction of sp³-hybridized carbons (Fsp3) is 0.462. The van der Waals surface area contributed by atoms with Crippen LogP contribution in [0.1, 0.15) is 22.2 Å². The Labute approximate surface area is 120 Å². The molecule has 2 rings (SSSR count). The molecule has 20 heavy (non-hydrogen) atoms. The van der Waals surface area contributed by atoms with Gasteiger partial charge in [0.05, 0.1) is 4.88 Å². The molecule has 1 saturated heterocycles. The van der Waals surface area contributed by atoms with Gasteiger partial charge in [-0.2, -0.15) is 0 Å². The number of piperazine rings is 1. The maximum absolute atomic E-state index is 12.4. The number of amides is 2. The summed E-state index contributed by atoms with van der Waals surface area (Å²) in [5.74, 6) is -2.38. The molecule has 0 aromatic carbocycles. The summed E-state index contributed by atoms with van der Waals surface area (Å²) >= 11 is 1.42. The van der Waals surface area contributed by atoms with Gasteiger partial charge in [-0.15, -0.1) is 11.3 Å². The number of carbonyl (C=O) groups is 3. The van der Waals surface area contributed by atoms with E-state index < -0.39 is 11.9 Å². The van der Waals surface area contributed by atoms with Gasteiger partial charge in [-0.25, -0.2) is 4.79 Å². The van der Waals surface area contributed by atoms with Crippen LogP contribution in [-0.2, 0) is 16.0 Å². The molecule has 1 aliphatic heterocycles. The van der Waals surface area contributed by atoms with Crippen molar-refractivity contribution in [3.63, 3.8) is 0 Å². The molecular weight excluding hydrogens is 280 g/mol. The molecule has 2 heterocycles. The zero-order valence-corrected chi connectivity index (χ0v) is 12.0. The van der Waals surface area contributed by atoms with Crippen LogP contribution in [0.2, 0.25) is 0 Å². The number of hydrogen-bond donors (Lipinski definition) is 1. The van der Waals surface area contributed by atoms with Gasteiger partial charge in [0.1, 0.15) is 0 Å². The first-order valence-corrected chi connectivity index (χ1v) is 7.30. The summed E-state index contributed by atoms with van der Waals surface area (Å²) < 4.78 is 0. The van der Waals surface area contributed by atoms with Crippen LogP contribution in [0.15, 0.2) is 11.4 Å². The predicted molar refractivity (Wildman–Crippen MR) is 73.8 cm³/mol. The van der Waals surface area contributed by atoms with Gasteiger partial charge in [0.25, 0.3) is 5.91 Å². The van der Waals surface area contributed by atoms with E-state index in [0.717, 1.165) is 16.9 Å². The lowest BCUT2D eigenvalue weighted by atomic mass is 10.2. The molecule has 0 bridgehead atoms. The third-order valence-electron chi connectivity index (χ3n) is 3.36. The zero-order chi connectivity index (χ0) is 14.7. The first-order valence-electron chi connectivity index (χ1n) is 6.42. The summed E-state index contributed by atoms with van der Waals surface area (Å²) in [5.41, 5.74) is 1.03. The highest BCUT2D eigenvalue weighted by atomic mass is 32.1. The Balaban J connectivity index is 1.99. The first kappa shape index (κ1) is 14.5. The Hall–Kier alpha value is -1.89. The second-order valence-corrected chi connectivity index (χ2v) is 5.43. The van der Waals surface area contributed by atoms with E-state index in [4.69, 9.17) is 5.11 Å². The third kappa shape index (κ3) is 2.82. The fourth-order valence-corrected chi connectivity index (χ4v) is 3.16. The van der Waals surface area contributed by atoms with Crippen LogP contribution >= 0.6 is 11.3 Å². The smallest absolute Gasteiger partial charge is 0.394 e. The van der Waals surface area contributed by atoms with Crippen molar-refractivity contribution in [1.29, 1.82) is 0 Å². The number of thiophene rings is 1. The van der Waals surface area contributed by atoms with Crippen LogP contribution in [0.5, 0.6) is 0 Å². The lowest BCUT2D eigenvalue weighted by molar-refractivity contribution is -0.156. The van der Waals surface area contributed by atoms with Crippen molar-refractivity contribution in [1.82, 2.24) is 9.80 Å². The van der Waals surface area contributed by atoms with Crippen LogP contribution in [0, 0.1) is 0 Å². The lowest BCUT2D eigenvalue weighted by Crippen LogP contribution is -2.52. The number of nitrogens with zero attached hydrogens (tertiary/aromatic N) is 2. The summed E-state index contributed by atoms with van der Waals surface area (Å²) in [4.78, 5) is 38.0. The fourth-order valence-electron chi connectivity index (χ4n) is 2.19. The standard InChI is InChI=1S/C13H16N2O4S/c1-2-9-3-8-20-10(9)11(16)14-4-6-15(7-5-14)12(17)13(18)19/h3,8H,2,4-7H2,1H3,(H,18,19). The molecule has 1 aliphatic rings. The Bertz CT molecular complexity index is 532. The zero-order valence-electron chi connectivity index (χ0n) is 11.2. The van der Waals surface area contributed by atoms with Crippen molar-refractivity contribution in [2.45, 2.75) is 13.3 Å². The molecule has 108 valence electrons. The number of carboxylic acid groups (broad SMARTS) is 1. The van der Waals surface area contributed by atoms with Crippen LogP contribution in [0.4, 0.5) is 0 Å². The Morgan fingerprint density at radius 3 is 2.35 bits per heavy atom. The number of rotatable bonds is 2. The van der Waals surface area contributed by atoms with E-state index in [2.05, 4.69) is 0 Å². The molecular formula is C13H16N2O4S. The Morgan fingerprint density at radius 2 is 1.80 bits per heavy atom. The first-order chi connectivity index (χ1) is 9.54. The molecule has 6 nitrogen and oxygen atoms in total. The monoisotopic (exact) mass is 296 g/mol. The largest absolute Gasteiger partial charge is 0.474 e. The Kier molecular flexibility index (Phi) is 4.39. The molecule has 0 atom stereocenters. The molecule has 1 N–H and O–H groups in total. The van der Waals surface area contributed by atoms with Gasteiger partial charge >= 0.3 is 11.9 Å². The van der Waals surface area contributed by atoms with E-state index >= 15 is 0 Å². The molecule has 0 radical (unpaired) electrons. The minimum atomic E-state index is -1.45. The van der Waals surface area contributed by atoms with Crippen molar-refractivity contribution < 1.29 is 19.5 Å². The normalized spacial score (nSPS) is 15.2. The summed E-state index contributed by atoms with van der Waals surface area (Å²) in [6.07, 6.45) is 0.808. The van der Waals surface area contributed by atoms with E-state index in [0.29, 0.717) is 13.1 Å². The van der Waals surface area contributed by atoms with Crippen molar-refractivity contribution >= 4 is 29.1 Å². The van der Waals surface area contributed by atoms with Crippen molar-refractivity contribution in [2.24, 2.45) is 0 Å². The predicted octanol–water partition coefficient (Wildman–Crippen LogP) is 0.680. The van der Waals surface area contributed by atoms with E-state index in [9.17, 15) is 14.4 Å². The van der Waals surface area contributed by atoms with Gasteiger partial charge in [0.15, 0.2) is 0 Å². The number of carboxylic acids is 1. The van der Waals surface area contributed by atoms with E-state index in [1.807, 2.05) is 18.4 Å². The molecule has 0 aliphatic carbocycles. The quantitative estimate of drug-likeness (QED) is 0.814. The van der Waals surface area contributed by atoms with Gasteiger partial charge in [0.2, 0.25) is 0 Å². The van der Waals surface area contributed by atoms with E-state index in [-0.39, 0.29) is 19.0 Å². The van der Waals surface area contributed by atoms with Crippen molar-refractivity contribution in [2.75, 3.05) is 26.2 Å². The molecule has 1 fully saturated rings. The molecule has 0 spiro atoms. The van der Waals surface area contributed by atoms with Crippen LogP contribution < -0.4 is 0 Å². The number of aryl methyl sites for hydroxylation is 1. The molecule has 2 amide bonds. The summed E-state index contributed by atoms with van der Waals surface area (Å²) in [7, 11) is 0. The average Bonchev–Trinajstić information content (AvgIpc) is 2.94. The maximum atomic E-state index is 12.4. The van der Waals surface area contributed by atoms with Crippen molar-refractivity contribution in [3.8, 4) is 0 Å². The van der Waals surface area contributed by atoms with Gasteiger partial charge in [0, 0.05) is 26.2 Å². The highest BCUT2D eigenvalue weighted by Gasteiger charge is 2.28. The van der Waals surface area contributed by atoms with Crippen LogP contribution in [0.3, 0.4) is 0 Å². The molecule has 0 saturated carbocycles. The van der Waals surface area contributed by atoms with E-state index in [1.54, 1.807) is 4.90 Å². The minimum absolute atomic E-state index is 0.0285. The average molecular weight is 296 g/mol. The molecule has 1 aromatic rings. The van der Waals surface area contributed by atoms with E-state index in [1.165, 1.54) is 16.2 Å². The molecule has 0 unspecified atom stereocenters. The minimum Gasteiger partial charge on any atom is -0.474 e. The molecule has 1 aromatic heterocycles. The number of carbonyl (C=O) groups excluding carboxylic acids is 2. The second-order valence-electron chi connectivity index (χ2n) is 4.52. The van der Waals surface area contributed by atoms with Crippen LogP contribution in [-0.4, -0.2) is 58.9 Å². The van der Waals surface area contributed by atoms with Gasteiger partial charge in [-0.05, 0) is 23.4 Å². The second kappa shape index (κ2) is 6.04. The summed E-state index contributed by atoms with van der Waals surface area (Å²) in [6, 6.07) is 1.95. The Morgan fingerprint density at radius 1 is 1.20 bits per heavy atom. The third-order valence-corrected chi connectivity index (χ3v) is 4.30. The van der Waals surface area contributed by atoms with Gasteiger partial charge in [-0.3, -0.25) is 9.59 Å². The van der Waals surface area contributed by atoms with Gasteiger partial charge < -0.3 is 14.9 Å². The number of hydrogen-bond acceptors (Lipinski definition) is 4. The number of aliphatic carboxylic acids is 1. The topological polar surface area (TPSA) is 77.9 Å². The molecule has 7 heteroatoms. The highest BCUT2D eigenvalue weighted by molar-refractivity contribution is 7.12. The lowest BCUT2D eigenvalue weighted by Gasteiger charge is -2.33. The highest BCUT2D eigenvalue weighted by Crippen LogP contribution is 2.20. The summed E-state index contributed by atoms with van der Waals surface area (Å²) in [6.45, 7) is 3.29. The summed E-state index contributed by atoms with van der Waals surface area (Å²) in [5, 5.41) is 10.6. The SMILES string of the molecule is CCc1ccsc1C(=O)N1CCN(C(=O)C(=O)O)CC1. The maximum Gasteiger partial charge on any atom is 0.394 e. The van der Waals surface area contributed by atoms with Gasteiger partial charge in [-0.1, -0.05) is 6.92 Å². The van der Waals surface area contributed by atoms with Crippen LogP contribution in [0.25, 0.3) is 0 Å². The van der Waals surface area contributed by atoms with Crippen molar-refractivity contribution in [3.05, 3.63) is 21.9 Å².